The molecule has 2 unspecified atom stereocenters. The zero-order chi connectivity index (χ0) is 15.5. The minimum Gasteiger partial charge on any atom is -0.378 e. The highest BCUT2D eigenvalue weighted by molar-refractivity contribution is 5.93. The van der Waals surface area contributed by atoms with E-state index >= 15 is 0 Å². The maximum absolute atomic E-state index is 12.5. The molecule has 0 radical (unpaired) electrons. The summed E-state index contributed by atoms with van der Waals surface area (Å²) in [6.07, 6.45) is 5.78. The number of hydrogen-bond donors (Lipinski definition) is 1. The van der Waals surface area contributed by atoms with Gasteiger partial charge in [-0.05, 0) is 57.1 Å². The quantitative estimate of drug-likeness (QED) is 0.910. The van der Waals surface area contributed by atoms with Crippen LogP contribution in [0.3, 0.4) is 0 Å². The summed E-state index contributed by atoms with van der Waals surface area (Å²) in [6, 6.07) is 4.04. The molecule has 3 rings (SSSR count). The fourth-order valence-electron chi connectivity index (χ4n) is 3.29. The zero-order valence-corrected chi connectivity index (χ0v) is 12.9. The summed E-state index contributed by atoms with van der Waals surface area (Å²) in [4.78, 5) is 17.0. The van der Waals surface area contributed by atoms with Crippen molar-refractivity contribution in [3.63, 3.8) is 0 Å². The van der Waals surface area contributed by atoms with Crippen molar-refractivity contribution in [3.05, 3.63) is 22.9 Å². The Kier molecular flexibility index (Phi) is 4.39. The Bertz CT molecular complexity index is 621. The van der Waals surface area contributed by atoms with Crippen LogP contribution in [0.2, 0.25) is 0 Å². The van der Waals surface area contributed by atoms with E-state index < -0.39 is 0 Å². The van der Waals surface area contributed by atoms with E-state index in [1.807, 2.05) is 13.0 Å². The fourth-order valence-corrected chi connectivity index (χ4v) is 3.29. The number of carbonyl (C=O) groups is 1. The van der Waals surface area contributed by atoms with Crippen LogP contribution in [0.1, 0.15) is 49.4 Å². The lowest BCUT2D eigenvalue weighted by Gasteiger charge is -2.28. The third kappa shape index (κ3) is 2.97. The Balaban J connectivity index is 1.82. The van der Waals surface area contributed by atoms with Gasteiger partial charge in [0, 0.05) is 12.3 Å². The molecule has 1 N–H and O–H groups in total. The van der Waals surface area contributed by atoms with Crippen LogP contribution in [-0.2, 0) is 22.4 Å². The second-order valence-electron chi connectivity index (χ2n) is 6.12. The Morgan fingerprint density at radius 1 is 1.41 bits per heavy atom. The number of pyridine rings is 1. The summed E-state index contributed by atoms with van der Waals surface area (Å²) in [7, 11) is 0. The predicted molar refractivity (Wildman–Crippen MR) is 82.4 cm³/mol. The highest BCUT2D eigenvalue weighted by Crippen LogP contribution is 2.26. The van der Waals surface area contributed by atoms with E-state index in [0.29, 0.717) is 18.0 Å². The molecule has 1 aromatic heterocycles. The predicted octanol–water partition coefficient (Wildman–Crippen LogP) is 2.59. The van der Waals surface area contributed by atoms with Gasteiger partial charge in [0.25, 0.3) is 0 Å². The van der Waals surface area contributed by atoms with Crippen LogP contribution in [0.5, 0.6) is 0 Å². The number of rotatable bonds is 2. The van der Waals surface area contributed by atoms with E-state index in [0.717, 1.165) is 49.8 Å². The number of amides is 1. The molecule has 5 heteroatoms. The van der Waals surface area contributed by atoms with Gasteiger partial charge in [-0.15, -0.1) is 0 Å². The van der Waals surface area contributed by atoms with E-state index in [-0.39, 0.29) is 17.9 Å². The van der Waals surface area contributed by atoms with Gasteiger partial charge < -0.3 is 10.1 Å². The Morgan fingerprint density at radius 3 is 3.00 bits per heavy atom. The van der Waals surface area contributed by atoms with Crippen molar-refractivity contribution in [2.45, 2.75) is 51.6 Å². The number of anilines is 1. The molecular formula is C17H21N3O2. The maximum atomic E-state index is 12.5. The number of ether oxygens (including phenoxy) is 1. The van der Waals surface area contributed by atoms with Crippen molar-refractivity contribution < 1.29 is 9.53 Å². The summed E-state index contributed by atoms with van der Waals surface area (Å²) in [5.41, 5.74) is 2.63. The van der Waals surface area contributed by atoms with Gasteiger partial charge in [-0.1, -0.05) is 0 Å². The Labute approximate surface area is 130 Å². The van der Waals surface area contributed by atoms with Crippen molar-refractivity contribution in [1.82, 2.24) is 4.98 Å². The van der Waals surface area contributed by atoms with Crippen molar-refractivity contribution in [2.24, 2.45) is 5.92 Å². The number of aryl methyl sites for hydroxylation is 2. The number of nitriles is 1. The molecule has 1 fully saturated rings. The lowest BCUT2D eigenvalue weighted by atomic mass is 9.93. The van der Waals surface area contributed by atoms with Gasteiger partial charge in [-0.25, -0.2) is 4.98 Å². The van der Waals surface area contributed by atoms with Gasteiger partial charge in [0.15, 0.2) is 5.82 Å². The molecule has 1 aromatic rings. The number of nitrogens with one attached hydrogen (secondary N) is 1. The fraction of sp³-hybridized carbons (Fsp3) is 0.588. The van der Waals surface area contributed by atoms with E-state index in [9.17, 15) is 10.1 Å². The summed E-state index contributed by atoms with van der Waals surface area (Å²) in [6.45, 7) is 2.64. The van der Waals surface area contributed by atoms with E-state index in [4.69, 9.17) is 4.74 Å². The number of hydrogen-bond acceptors (Lipinski definition) is 4. The van der Waals surface area contributed by atoms with Crippen molar-refractivity contribution in [2.75, 3.05) is 11.9 Å². The zero-order valence-electron chi connectivity index (χ0n) is 12.9. The van der Waals surface area contributed by atoms with Crippen LogP contribution >= 0.6 is 0 Å². The number of nitrogens with zero attached hydrogens (tertiary/aromatic N) is 2. The number of carbonyl (C=O) groups excluding carboxylic acids is 1. The molecule has 0 aromatic carbocycles. The van der Waals surface area contributed by atoms with Gasteiger partial charge in [0.05, 0.1) is 17.6 Å². The molecule has 1 amide bonds. The first kappa shape index (κ1) is 15.0. The topological polar surface area (TPSA) is 75.0 Å². The van der Waals surface area contributed by atoms with Crippen LogP contribution < -0.4 is 5.32 Å². The normalized spacial score (nSPS) is 24.2. The standard InChI is InChI=1S/C17H21N3O2/c1-11-14(6-4-8-22-11)17(21)20-16-13(10-18)9-12-5-2-3-7-15(12)19-16/h9,11,14H,2-8H2,1H3,(H,19,20,21). The SMILES string of the molecule is CC1OCCCC1C(=O)Nc1nc2c(cc1C#N)CCCC2. The maximum Gasteiger partial charge on any atom is 0.231 e. The molecule has 0 bridgehead atoms. The molecule has 5 nitrogen and oxygen atoms in total. The number of aromatic nitrogens is 1. The van der Waals surface area contributed by atoms with Gasteiger partial charge >= 0.3 is 0 Å². The molecule has 0 spiro atoms. The van der Waals surface area contributed by atoms with Crippen LogP contribution in [-0.4, -0.2) is 23.6 Å². The second-order valence-corrected chi connectivity index (χ2v) is 6.12. The minimum atomic E-state index is -0.168. The molecule has 1 aliphatic heterocycles. The van der Waals surface area contributed by atoms with E-state index in [1.165, 1.54) is 0 Å². The first-order valence-corrected chi connectivity index (χ1v) is 8.04. The van der Waals surface area contributed by atoms with Crippen molar-refractivity contribution in [1.29, 1.82) is 5.26 Å². The van der Waals surface area contributed by atoms with Crippen LogP contribution in [0.15, 0.2) is 6.07 Å². The monoisotopic (exact) mass is 299 g/mol. The minimum absolute atomic E-state index is 0.0862. The molecule has 2 atom stereocenters. The lowest BCUT2D eigenvalue weighted by Crippen LogP contribution is -2.36. The van der Waals surface area contributed by atoms with Crippen LogP contribution in [0.25, 0.3) is 0 Å². The largest absolute Gasteiger partial charge is 0.378 e. The average Bonchev–Trinajstić information content (AvgIpc) is 2.54. The average molecular weight is 299 g/mol. The van der Waals surface area contributed by atoms with Gasteiger partial charge in [-0.3, -0.25) is 4.79 Å². The summed E-state index contributed by atoms with van der Waals surface area (Å²) >= 11 is 0. The third-order valence-corrected chi connectivity index (χ3v) is 4.61. The highest BCUT2D eigenvalue weighted by Gasteiger charge is 2.29. The van der Waals surface area contributed by atoms with Crippen LogP contribution in [0, 0.1) is 17.2 Å². The molecular weight excluding hydrogens is 278 g/mol. The smallest absolute Gasteiger partial charge is 0.231 e. The highest BCUT2D eigenvalue weighted by atomic mass is 16.5. The molecule has 1 saturated heterocycles. The van der Waals surface area contributed by atoms with E-state index in [2.05, 4.69) is 16.4 Å². The second kappa shape index (κ2) is 6.45. The third-order valence-electron chi connectivity index (χ3n) is 4.61. The molecule has 2 aliphatic rings. The molecule has 2 heterocycles. The van der Waals surface area contributed by atoms with Gasteiger partial charge in [0.2, 0.25) is 5.91 Å². The molecule has 0 saturated carbocycles. The van der Waals surface area contributed by atoms with Crippen LogP contribution in [0.4, 0.5) is 5.82 Å². The Morgan fingerprint density at radius 2 is 2.23 bits per heavy atom. The summed E-state index contributed by atoms with van der Waals surface area (Å²) < 4.78 is 5.55. The first-order valence-electron chi connectivity index (χ1n) is 8.04. The molecule has 116 valence electrons. The van der Waals surface area contributed by atoms with Gasteiger partial charge in [0.1, 0.15) is 6.07 Å². The number of fused-ring (bicyclic) bond motifs is 1. The van der Waals surface area contributed by atoms with Crippen molar-refractivity contribution in [3.8, 4) is 6.07 Å². The first-order chi connectivity index (χ1) is 10.7. The molecule has 1 aliphatic carbocycles. The lowest BCUT2D eigenvalue weighted by molar-refractivity contribution is -0.127. The Hall–Kier alpha value is -1.93. The van der Waals surface area contributed by atoms with Crippen molar-refractivity contribution >= 4 is 11.7 Å². The summed E-state index contributed by atoms with van der Waals surface area (Å²) in [5, 5.41) is 12.2. The summed E-state index contributed by atoms with van der Waals surface area (Å²) in [5.74, 6) is 0.149. The van der Waals surface area contributed by atoms with Gasteiger partial charge in [-0.2, -0.15) is 5.26 Å². The van der Waals surface area contributed by atoms with E-state index in [1.54, 1.807) is 0 Å². The molecule has 22 heavy (non-hydrogen) atoms.